The molecule has 1 aromatic carbocycles. The van der Waals surface area contributed by atoms with Crippen LogP contribution in [0.15, 0.2) is 23.1 Å². The van der Waals surface area contributed by atoms with E-state index in [1.54, 1.807) is 12.1 Å². The molecule has 1 aromatic heterocycles. The predicted octanol–water partition coefficient (Wildman–Crippen LogP) is -0.292. The van der Waals surface area contributed by atoms with Gasteiger partial charge in [0.15, 0.2) is 0 Å². The molecule has 11 heteroatoms. The number of rotatable bonds is 5. The van der Waals surface area contributed by atoms with Gasteiger partial charge in [-0.05, 0) is 25.0 Å². The van der Waals surface area contributed by atoms with Crippen LogP contribution < -0.4 is 10.0 Å². The van der Waals surface area contributed by atoms with Crippen molar-refractivity contribution >= 4 is 44.6 Å². The Hall–Kier alpha value is -2.11. The second-order valence-corrected chi connectivity index (χ2v) is 7.80. The van der Waals surface area contributed by atoms with E-state index < -0.39 is 21.8 Å². The van der Waals surface area contributed by atoms with Gasteiger partial charge in [0.2, 0.25) is 10.0 Å². The number of hydrogen-bond donors (Lipinski definition) is 2. The molecular formula is C14H17N5O4S2. The van der Waals surface area contributed by atoms with Crippen molar-refractivity contribution in [2.24, 2.45) is 0 Å². The molecule has 0 unspecified atom stereocenters. The van der Waals surface area contributed by atoms with Crippen molar-refractivity contribution < 1.29 is 18.0 Å². The SMILES string of the molecule is O=C(NCCNS(=O)(=O)c1cccc2nsnc12)C(=O)N1CCCC1. The summed E-state index contributed by atoms with van der Waals surface area (Å²) in [7, 11) is -3.78. The van der Waals surface area contributed by atoms with Gasteiger partial charge in [0.1, 0.15) is 15.9 Å². The normalized spacial score (nSPS) is 14.8. The molecule has 0 spiro atoms. The van der Waals surface area contributed by atoms with Gasteiger partial charge in [-0.1, -0.05) is 6.07 Å². The molecule has 0 bridgehead atoms. The zero-order valence-electron chi connectivity index (χ0n) is 13.3. The molecular weight excluding hydrogens is 366 g/mol. The number of likely N-dealkylation sites (tertiary alicyclic amines) is 1. The summed E-state index contributed by atoms with van der Waals surface area (Å²) in [6, 6.07) is 4.72. The number of carbonyl (C=O) groups excluding carboxylic acids is 2. The highest BCUT2D eigenvalue weighted by molar-refractivity contribution is 7.89. The van der Waals surface area contributed by atoms with Gasteiger partial charge in [-0.25, -0.2) is 13.1 Å². The topological polar surface area (TPSA) is 121 Å². The fourth-order valence-electron chi connectivity index (χ4n) is 2.58. The number of carbonyl (C=O) groups is 2. The lowest BCUT2D eigenvalue weighted by Gasteiger charge is -2.14. The lowest BCUT2D eigenvalue weighted by Crippen LogP contribution is -2.44. The number of fused-ring (bicyclic) bond motifs is 1. The average molecular weight is 383 g/mol. The summed E-state index contributed by atoms with van der Waals surface area (Å²) in [6.07, 6.45) is 1.80. The minimum atomic E-state index is -3.78. The standard InChI is InChI=1S/C14H17N5O4S2/c20-13(14(21)19-8-1-2-9-19)15-6-7-16-25(22,23)11-5-3-4-10-12(11)18-24-17-10/h3-5,16H,1-2,6-9H2,(H,15,20). The molecule has 134 valence electrons. The summed E-state index contributed by atoms with van der Waals surface area (Å²) in [5, 5.41) is 2.43. The van der Waals surface area contributed by atoms with Crippen LogP contribution in [0.1, 0.15) is 12.8 Å². The van der Waals surface area contributed by atoms with Crippen LogP contribution in [0, 0.1) is 0 Å². The van der Waals surface area contributed by atoms with Crippen LogP contribution in [0.4, 0.5) is 0 Å². The molecule has 0 saturated carbocycles. The zero-order valence-corrected chi connectivity index (χ0v) is 14.9. The summed E-state index contributed by atoms with van der Waals surface area (Å²) in [5.74, 6) is -1.29. The number of hydrogen-bond acceptors (Lipinski definition) is 7. The first kappa shape index (κ1) is 17.7. The lowest BCUT2D eigenvalue weighted by atomic mass is 10.3. The smallest absolute Gasteiger partial charge is 0.311 e. The van der Waals surface area contributed by atoms with Crippen molar-refractivity contribution in [1.29, 1.82) is 0 Å². The number of benzene rings is 1. The largest absolute Gasteiger partial charge is 0.347 e. The van der Waals surface area contributed by atoms with Crippen molar-refractivity contribution in [3.8, 4) is 0 Å². The molecule has 0 radical (unpaired) electrons. The van der Waals surface area contributed by atoms with Crippen LogP contribution in [-0.4, -0.2) is 60.1 Å². The van der Waals surface area contributed by atoms with Crippen molar-refractivity contribution in [1.82, 2.24) is 23.7 Å². The van der Waals surface area contributed by atoms with Crippen LogP contribution in [0.2, 0.25) is 0 Å². The minimum absolute atomic E-state index is 0.0168. The Morgan fingerprint density at radius 3 is 2.68 bits per heavy atom. The van der Waals surface area contributed by atoms with Crippen molar-refractivity contribution in [3.63, 3.8) is 0 Å². The summed E-state index contributed by atoms with van der Waals surface area (Å²) >= 11 is 0.939. The van der Waals surface area contributed by atoms with Crippen molar-refractivity contribution in [2.75, 3.05) is 26.2 Å². The first-order valence-electron chi connectivity index (χ1n) is 7.77. The Morgan fingerprint density at radius 2 is 1.92 bits per heavy atom. The fourth-order valence-corrected chi connectivity index (χ4v) is 4.37. The van der Waals surface area contributed by atoms with Gasteiger partial charge in [-0.3, -0.25) is 9.59 Å². The lowest BCUT2D eigenvalue weighted by molar-refractivity contribution is -0.145. The van der Waals surface area contributed by atoms with Gasteiger partial charge < -0.3 is 10.2 Å². The Morgan fingerprint density at radius 1 is 1.16 bits per heavy atom. The maximum absolute atomic E-state index is 12.4. The first-order valence-corrected chi connectivity index (χ1v) is 9.98. The van der Waals surface area contributed by atoms with Crippen LogP contribution in [-0.2, 0) is 19.6 Å². The molecule has 1 fully saturated rings. The van der Waals surface area contributed by atoms with E-state index in [1.807, 2.05) is 0 Å². The molecule has 2 N–H and O–H groups in total. The van der Waals surface area contributed by atoms with E-state index in [2.05, 4.69) is 18.8 Å². The number of nitrogens with one attached hydrogen (secondary N) is 2. The minimum Gasteiger partial charge on any atom is -0.347 e. The van der Waals surface area contributed by atoms with Gasteiger partial charge in [0.25, 0.3) is 0 Å². The van der Waals surface area contributed by atoms with Crippen LogP contribution >= 0.6 is 11.7 Å². The highest BCUT2D eigenvalue weighted by atomic mass is 32.2. The zero-order chi connectivity index (χ0) is 17.9. The predicted molar refractivity (Wildman–Crippen MR) is 91.4 cm³/mol. The van der Waals surface area contributed by atoms with Crippen molar-refractivity contribution in [2.45, 2.75) is 17.7 Å². The number of sulfonamides is 1. The van der Waals surface area contributed by atoms with Gasteiger partial charge >= 0.3 is 11.8 Å². The van der Waals surface area contributed by atoms with E-state index in [9.17, 15) is 18.0 Å². The van der Waals surface area contributed by atoms with E-state index in [0.717, 1.165) is 24.6 Å². The number of amides is 2. The van der Waals surface area contributed by atoms with Gasteiger partial charge in [-0.15, -0.1) is 0 Å². The highest BCUT2D eigenvalue weighted by Crippen LogP contribution is 2.20. The molecule has 2 aromatic rings. The first-order chi connectivity index (χ1) is 12.0. The molecule has 0 aliphatic carbocycles. The number of nitrogens with zero attached hydrogens (tertiary/aromatic N) is 3. The Kier molecular flexibility index (Phi) is 5.25. The molecule has 9 nitrogen and oxygen atoms in total. The van der Waals surface area contributed by atoms with E-state index in [4.69, 9.17) is 0 Å². The molecule has 1 aliphatic rings. The molecule has 25 heavy (non-hydrogen) atoms. The van der Waals surface area contributed by atoms with Gasteiger partial charge in [-0.2, -0.15) is 8.75 Å². The fraction of sp³-hybridized carbons (Fsp3) is 0.429. The molecule has 0 atom stereocenters. The monoisotopic (exact) mass is 383 g/mol. The van der Waals surface area contributed by atoms with Gasteiger partial charge in [0, 0.05) is 26.2 Å². The van der Waals surface area contributed by atoms with E-state index in [-0.39, 0.29) is 18.0 Å². The molecule has 1 saturated heterocycles. The molecule has 1 aliphatic heterocycles. The van der Waals surface area contributed by atoms with Crippen LogP contribution in [0.3, 0.4) is 0 Å². The Balaban J connectivity index is 1.53. The van der Waals surface area contributed by atoms with E-state index >= 15 is 0 Å². The van der Waals surface area contributed by atoms with Gasteiger partial charge in [0.05, 0.1) is 11.7 Å². The van der Waals surface area contributed by atoms with Crippen molar-refractivity contribution in [3.05, 3.63) is 18.2 Å². The van der Waals surface area contributed by atoms with E-state index in [1.165, 1.54) is 11.0 Å². The molecule has 2 amide bonds. The average Bonchev–Trinajstić information content (AvgIpc) is 3.28. The van der Waals surface area contributed by atoms with Crippen LogP contribution in [0.25, 0.3) is 11.0 Å². The Labute approximate surface area is 148 Å². The quantitative estimate of drug-likeness (QED) is 0.540. The number of aromatic nitrogens is 2. The summed E-state index contributed by atoms with van der Waals surface area (Å²) in [5.41, 5.74) is 0.825. The van der Waals surface area contributed by atoms with Crippen LogP contribution in [0.5, 0.6) is 0 Å². The third-order valence-corrected chi connectivity index (χ3v) is 5.86. The second kappa shape index (κ2) is 7.42. The third-order valence-electron chi connectivity index (χ3n) is 3.83. The summed E-state index contributed by atoms with van der Waals surface area (Å²) < 4.78 is 35.1. The highest BCUT2D eigenvalue weighted by Gasteiger charge is 2.24. The molecule has 3 rings (SSSR count). The maximum Gasteiger partial charge on any atom is 0.311 e. The maximum atomic E-state index is 12.4. The summed E-state index contributed by atoms with van der Waals surface area (Å²) in [4.78, 5) is 25.1. The summed E-state index contributed by atoms with van der Waals surface area (Å²) in [6.45, 7) is 1.16. The third kappa shape index (κ3) is 3.94. The second-order valence-electron chi connectivity index (χ2n) is 5.54. The van der Waals surface area contributed by atoms with E-state index in [0.29, 0.717) is 24.1 Å². The molecule has 2 heterocycles. The Bertz CT molecular complexity index is 890.